The highest BCUT2D eigenvalue weighted by atomic mass is 16.4. The van der Waals surface area contributed by atoms with Crippen molar-refractivity contribution in [3.8, 4) is 0 Å². The number of aliphatic carboxylic acids is 1. The predicted molar refractivity (Wildman–Crippen MR) is 76.1 cm³/mol. The predicted octanol–water partition coefficient (Wildman–Crippen LogP) is 1.57. The lowest BCUT2D eigenvalue weighted by molar-refractivity contribution is -0.147. The first-order chi connectivity index (χ1) is 9.41. The summed E-state index contributed by atoms with van der Waals surface area (Å²) >= 11 is 0. The van der Waals surface area contributed by atoms with E-state index < -0.39 is 11.5 Å². The zero-order valence-corrected chi connectivity index (χ0v) is 11.6. The molecule has 0 saturated heterocycles. The number of carboxylic acids is 1. The average Bonchev–Trinajstić information content (AvgIpc) is 3.22. The van der Waals surface area contributed by atoms with Crippen LogP contribution in [-0.2, 0) is 16.0 Å². The zero-order valence-electron chi connectivity index (χ0n) is 11.6. The van der Waals surface area contributed by atoms with E-state index in [1.807, 2.05) is 12.1 Å². The molecule has 1 aliphatic carbocycles. The molecule has 4 N–H and O–H groups in total. The number of benzene rings is 1. The van der Waals surface area contributed by atoms with Crippen LogP contribution in [0.3, 0.4) is 0 Å². The Morgan fingerprint density at radius 3 is 2.45 bits per heavy atom. The van der Waals surface area contributed by atoms with Gasteiger partial charge in [-0.1, -0.05) is 12.1 Å². The summed E-state index contributed by atoms with van der Waals surface area (Å²) in [5.41, 5.74) is 6.17. The number of carbonyl (C=O) groups is 2. The van der Waals surface area contributed by atoms with Crippen LogP contribution in [-0.4, -0.2) is 22.5 Å². The van der Waals surface area contributed by atoms with Crippen molar-refractivity contribution in [3.63, 3.8) is 0 Å². The normalized spacial score (nSPS) is 17.2. The lowest BCUT2D eigenvalue weighted by Gasteiger charge is -2.26. The van der Waals surface area contributed by atoms with Gasteiger partial charge in [-0.15, -0.1) is 0 Å². The molecule has 1 saturated carbocycles. The molecule has 2 rings (SSSR count). The molecule has 108 valence electrons. The molecule has 1 aromatic carbocycles. The third kappa shape index (κ3) is 3.29. The monoisotopic (exact) mass is 276 g/mol. The average molecular weight is 276 g/mol. The van der Waals surface area contributed by atoms with Crippen LogP contribution >= 0.6 is 0 Å². The Kier molecular flexibility index (Phi) is 3.97. The van der Waals surface area contributed by atoms with Crippen molar-refractivity contribution in [1.29, 1.82) is 0 Å². The number of amides is 1. The molecule has 1 fully saturated rings. The van der Waals surface area contributed by atoms with Gasteiger partial charge in [-0.3, -0.25) is 4.79 Å². The third-order valence-electron chi connectivity index (χ3n) is 3.86. The van der Waals surface area contributed by atoms with E-state index in [0.717, 1.165) is 18.4 Å². The van der Waals surface area contributed by atoms with Gasteiger partial charge in [-0.2, -0.15) is 0 Å². The van der Waals surface area contributed by atoms with Crippen molar-refractivity contribution in [2.24, 2.45) is 5.92 Å². The Hall–Kier alpha value is -2.04. The fourth-order valence-corrected chi connectivity index (χ4v) is 2.29. The van der Waals surface area contributed by atoms with Crippen LogP contribution in [0.5, 0.6) is 0 Å². The molecule has 1 atom stereocenters. The van der Waals surface area contributed by atoms with Gasteiger partial charge in [0.1, 0.15) is 5.54 Å². The first-order valence-electron chi connectivity index (χ1n) is 6.80. The Labute approximate surface area is 118 Å². The number of aryl methyl sites for hydroxylation is 1. The second-order valence-electron chi connectivity index (χ2n) is 5.57. The van der Waals surface area contributed by atoms with Crippen LogP contribution in [0.25, 0.3) is 0 Å². The summed E-state index contributed by atoms with van der Waals surface area (Å²) in [5, 5.41) is 12.0. The molecule has 0 radical (unpaired) electrons. The number of carboxylic acid groups (broad SMARTS) is 1. The quantitative estimate of drug-likeness (QED) is 0.688. The van der Waals surface area contributed by atoms with Gasteiger partial charge in [0, 0.05) is 12.1 Å². The largest absolute Gasteiger partial charge is 0.480 e. The highest BCUT2D eigenvalue weighted by Crippen LogP contribution is 2.39. The van der Waals surface area contributed by atoms with Gasteiger partial charge < -0.3 is 16.2 Å². The number of hydrogen-bond donors (Lipinski definition) is 3. The highest BCUT2D eigenvalue weighted by molar-refractivity contribution is 5.87. The first-order valence-corrected chi connectivity index (χ1v) is 6.80. The lowest BCUT2D eigenvalue weighted by Crippen LogP contribution is -2.54. The van der Waals surface area contributed by atoms with Crippen molar-refractivity contribution in [2.75, 3.05) is 5.73 Å². The summed E-state index contributed by atoms with van der Waals surface area (Å²) in [6.45, 7) is 1.59. The number of nitrogens with one attached hydrogen (secondary N) is 1. The highest BCUT2D eigenvalue weighted by Gasteiger charge is 2.48. The van der Waals surface area contributed by atoms with Crippen LogP contribution < -0.4 is 11.1 Å². The molecule has 1 aliphatic rings. The van der Waals surface area contributed by atoms with E-state index in [2.05, 4.69) is 5.32 Å². The standard InChI is InChI=1S/C15H20N2O3/c1-15(14(19)20,11-5-6-11)17-13(18)9-4-10-2-7-12(16)8-3-10/h2-3,7-8,11H,4-6,9,16H2,1H3,(H,17,18)(H,19,20). The molecule has 1 aromatic rings. The summed E-state index contributed by atoms with van der Waals surface area (Å²) in [7, 11) is 0. The van der Waals surface area contributed by atoms with E-state index in [1.54, 1.807) is 19.1 Å². The van der Waals surface area contributed by atoms with Crippen LogP contribution in [0.15, 0.2) is 24.3 Å². The Balaban J connectivity index is 1.88. The Morgan fingerprint density at radius 2 is 1.95 bits per heavy atom. The molecule has 0 bridgehead atoms. The van der Waals surface area contributed by atoms with Crippen LogP contribution in [0, 0.1) is 5.92 Å². The van der Waals surface area contributed by atoms with E-state index in [9.17, 15) is 14.7 Å². The molecule has 0 heterocycles. The van der Waals surface area contributed by atoms with Crippen molar-refractivity contribution in [1.82, 2.24) is 5.32 Å². The van der Waals surface area contributed by atoms with Crippen LogP contribution in [0.1, 0.15) is 31.7 Å². The zero-order chi connectivity index (χ0) is 14.8. The number of hydrogen-bond acceptors (Lipinski definition) is 3. The second-order valence-corrected chi connectivity index (χ2v) is 5.57. The molecule has 0 aromatic heterocycles. The van der Waals surface area contributed by atoms with Gasteiger partial charge in [0.2, 0.25) is 5.91 Å². The molecular weight excluding hydrogens is 256 g/mol. The van der Waals surface area contributed by atoms with Crippen molar-refractivity contribution >= 4 is 17.6 Å². The number of nitrogen functional groups attached to an aromatic ring is 1. The third-order valence-corrected chi connectivity index (χ3v) is 3.86. The molecule has 0 spiro atoms. The summed E-state index contributed by atoms with van der Waals surface area (Å²) in [4.78, 5) is 23.3. The van der Waals surface area contributed by atoms with Crippen molar-refractivity contribution in [3.05, 3.63) is 29.8 Å². The smallest absolute Gasteiger partial charge is 0.329 e. The van der Waals surface area contributed by atoms with E-state index in [0.29, 0.717) is 12.1 Å². The van der Waals surface area contributed by atoms with E-state index >= 15 is 0 Å². The van der Waals surface area contributed by atoms with Gasteiger partial charge in [-0.25, -0.2) is 4.79 Å². The number of nitrogens with two attached hydrogens (primary N) is 1. The van der Waals surface area contributed by atoms with Crippen LogP contribution in [0.2, 0.25) is 0 Å². The minimum atomic E-state index is -1.13. The maximum absolute atomic E-state index is 11.9. The maximum Gasteiger partial charge on any atom is 0.329 e. The molecule has 0 aliphatic heterocycles. The number of anilines is 1. The molecule has 5 nitrogen and oxygen atoms in total. The molecular formula is C15H20N2O3. The van der Waals surface area contributed by atoms with E-state index in [1.165, 1.54) is 0 Å². The van der Waals surface area contributed by atoms with E-state index in [4.69, 9.17) is 5.73 Å². The summed E-state index contributed by atoms with van der Waals surface area (Å²) in [6.07, 6.45) is 2.58. The summed E-state index contributed by atoms with van der Waals surface area (Å²) in [6, 6.07) is 7.33. The number of carbonyl (C=O) groups excluding carboxylic acids is 1. The Bertz CT molecular complexity index is 508. The molecule has 1 amide bonds. The van der Waals surface area contributed by atoms with Crippen molar-refractivity contribution < 1.29 is 14.7 Å². The first kappa shape index (κ1) is 14.4. The minimum absolute atomic E-state index is 0.0560. The van der Waals surface area contributed by atoms with Gasteiger partial charge in [-0.05, 0) is 49.8 Å². The molecule has 5 heteroatoms. The van der Waals surface area contributed by atoms with Crippen molar-refractivity contribution in [2.45, 2.75) is 38.1 Å². The summed E-state index contributed by atoms with van der Waals surface area (Å²) < 4.78 is 0. The summed E-state index contributed by atoms with van der Waals surface area (Å²) in [5.74, 6) is -1.13. The van der Waals surface area contributed by atoms with Gasteiger partial charge in [0.25, 0.3) is 0 Å². The maximum atomic E-state index is 11.9. The minimum Gasteiger partial charge on any atom is -0.480 e. The topological polar surface area (TPSA) is 92.4 Å². The second kappa shape index (κ2) is 5.53. The molecule has 20 heavy (non-hydrogen) atoms. The SMILES string of the molecule is CC(NC(=O)CCc1ccc(N)cc1)(C(=O)O)C1CC1. The van der Waals surface area contributed by atoms with Gasteiger partial charge in [0.15, 0.2) is 0 Å². The molecule has 1 unspecified atom stereocenters. The lowest BCUT2D eigenvalue weighted by atomic mass is 9.95. The number of rotatable bonds is 6. The fourth-order valence-electron chi connectivity index (χ4n) is 2.29. The van der Waals surface area contributed by atoms with E-state index in [-0.39, 0.29) is 18.2 Å². The van der Waals surface area contributed by atoms with Crippen LogP contribution in [0.4, 0.5) is 5.69 Å². The van der Waals surface area contributed by atoms with Gasteiger partial charge >= 0.3 is 5.97 Å². The Morgan fingerprint density at radius 1 is 1.35 bits per heavy atom. The van der Waals surface area contributed by atoms with Gasteiger partial charge in [0.05, 0.1) is 0 Å². The fraction of sp³-hybridized carbons (Fsp3) is 0.467.